The van der Waals surface area contributed by atoms with Crippen molar-refractivity contribution in [2.24, 2.45) is 0 Å². The number of aliphatic hydroxyl groups is 1. The largest absolute Gasteiger partial charge is 0.478 e. The number of hydrogen-bond acceptors (Lipinski definition) is 3. The van der Waals surface area contributed by atoms with Crippen LogP contribution in [0.3, 0.4) is 0 Å². The van der Waals surface area contributed by atoms with E-state index < -0.39 is 29.8 Å². The van der Waals surface area contributed by atoms with Crippen LogP contribution in [0.4, 0.5) is 10.1 Å². The maximum absolute atomic E-state index is 14.6. The Bertz CT molecular complexity index is 996. The van der Waals surface area contributed by atoms with Gasteiger partial charge < -0.3 is 10.2 Å². The highest BCUT2D eigenvalue weighted by Gasteiger charge is 2.46. The zero-order chi connectivity index (χ0) is 19.1. The summed E-state index contributed by atoms with van der Waals surface area (Å²) < 4.78 is 14.6. The number of rotatable bonds is 3. The van der Waals surface area contributed by atoms with E-state index in [1.807, 2.05) is 0 Å². The molecule has 1 aliphatic carbocycles. The van der Waals surface area contributed by atoms with Crippen LogP contribution in [-0.2, 0) is 9.59 Å². The van der Waals surface area contributed by atoms with E-state index in [1.54, 1.807) is 48.5 Å². The fourth-order valence-electron chi connectivity index (χ4n) is 3.74. The van der Waals surface area contributed by atoms with Gasteiger partial charge in [0.1, 0.15) is 5.82 Å². The topological polar surface area (TPSA) is 77.8 Å². The summed E-state index contributed by atoms with van der Waals surface area (Å²) in [6.45, 7) is 0. The van der Waals surface area contributed by atoms with Gasteiger partial charge in [-0.05, 0) is 29.8 Å². The van der Waals surface area contributed by atoms with Crippen molar-refractivity contribution in [2.75, 3.05) is 4.90 Å². The third-order valence-electron chi connectivity index (χ3n) is 4.93. The summed E-state index contributed by atoms with van der Waals surface area (Å²) in [5.41, 5.74) is 1.30. The summed E-state index contributed by atoms with van der Waals surface area (Å²) in [7, 11) is 0. The number of carboxylic acid groups (broad SMARTS) is 1. The number of hydrogen-bond donors (Lipinski definition) is 2. The number of halogens is 1. The predicted octanol–water partition coefficient (Wildman–Crippen LogP) is 2.99. The van der Waals surface area contributed by atoms with Gasteiger partial charge in [0.2, 0.25) is 0 Å². The standard InChI is InChI=1S/C21H16FNO4/c22-16-9-5-4-8-14(16)19-18-15(10-12(21(26)27)11-17(18)24)20(25)23(19)13-6-2-1-3-7-13/h1-9,11,17,19,24H,10H2,(H,26,27)/t17-,19-/m1/s1. The number of aliphatic hydroxyl groups excluding tert-OH is 1. The van der Waals surface area contributed by atoms with Crippen LogP contribution in [0, 0.1) is 5.82 Å². The molecular weight excluding hydrogens is 349 g/mol. The van der Waals surface area contributed by atoms with Gasteiger partial charge in [-0.1, -0.05) is 36.4 Å². The van der Waals surface area contributed by atoms with Crippen LogP contribution in [0.25, 0.3) is 0 Å². The molecule has 4 rings (SSSR count). The molecule has 136 valence electrons. The highest BCUT2D eigenvalue weighted by atomic mass is 19.1. The van der Waals surface area contributed by atoms with Crippen molar-refractivity contribution in [2.45, 2.75) is 18.6 Å². The van der Waals surface area contributed by atoms with Gasteiger partial charge >= 0.3 is 5.97 Å². The van der Waals surface area contributed by atoms with Gasteiger partial charge in [-0.3, -0.25) is 9.69 Å². The fraction of sp³-hybridized carbons (Fsp3) is 0.143. The highest BCUT2D eigenvalue weighted by Crippen LogP contribution is 2.46. The van der Waals surface area contributed by atoms with Gasteiger partial charge in [-0.2, -0.15) is 0 Å². The summed E-state index contributed by atoms with van der Waals surface area (Å²) >= 11 is 0. The van der Waals surface area contributed by atoms with Crippen LogP contribution in [0.5, 0.6) is 0 Å². The number of benzene rings is 2. The number of aliphatic carboxylic acids is 1. The molecule has 0 aromatic heterocycles. The Hall–Kier alpha value is -3.25. The molecule has 2 aromatic carbocycles. The maximum atomic E-state index is 14.6. The molecule has 27 heavy (non-hydrogen) atoms. The van der Waals surface area contributed by atoms with E-state index in [9.17, 15) is 24.2 Å². The van der Waals surface area contributed by atoms with Crippen molar-refractivity contribution >= 4 is 17.6 Å². The minimum atomic E-state index is -1.28. The van der Waals surface area contributed by atoms with Crippen molar-refractivity contribution in [3.8, 4) is 0 Å². The second-order valence-corrected chi connectivity index (χ2v) is 6.49. The molecule has 0 unspecified atom stereocenters. The Kier molecular flexibility index (Phi) is 4.12. The second kappa shape index (κ2) is 6.48. The summed E-state index contributed by atoms with van der Waals surface area (Å²) in [5, 5.41) is 19.9. The molecule has 2 aliphatic rings. The zero-order valence-electron chi connectivity index (χ0n) is 14.2. The lowest BCUT2D eigenvalue weighted by Crippen LogP contribution is -2.31. The first-order valence-corrected chi connectivity index (χ1v) is 8.47. The minimum Gasteiger partial charge on any atom is -0.478 e. The number of para-hydroxylation sites is 1. The van der Waals surface area contributed by atoms with Crippen LogP contribution in [0.1, 0.15) is 18.0 Å². The van der Waals surface area contributed by atoms with E-state index >= 15 is 0 Å². The molecule has 0 spiro atoms. The molecule has 2 atom stereocenters. The maximum Gasteiger partial charge on any atom is 0.331 e. The molecule has 1 amide bonds. The summed E-state index contributed by atoms with van der Waals surface area (Å²) in [4.78, 5) is 26.0. The Labute approximate surface area is 154 Å². The Morgan fingerprint density at radius 3 is 2.41 bits per heavy atom. The van der Waals surface area contributed by atoms with Crippen molar-refractivity contribution in [1.82, 2.24) is 0 Å². The fourth-order valence-corrected chi connectivity index (χ4v) is 3.74. The van der Waals surface area contributed by atoms with Crippen molar-refractivity contribution in [1.29, 1.82) is 0 Å². The van der Waals surface area contributed by atoms with Gasteiger partial charge in [0.25, 0.3) is 5.91 Å². The Balaban J connectivity index is 1.89. The van der Waals surface area contributed by atoms with Crippen molar-refractivity contribution in [3.63, 3.8) is 0 Å². The molecule has 6 heteroatoms. The van der Waals surface area contributed by atoms with E-state index in [0.717, 1.165) is 0 Å². The molecule has 0 bridgehead atoms. The van der Waals surface area contributed by atoms with E-state index in [0.29, 0.717) is 11.3 Å². The van der Waals surface area contributed by atoms with Gasteiger partial charge in [-0.25, -0.2) is 9.18 Å². The SMILES string of the molecule is O=C(O)C1=C[C@@H](O)C2=C(C1)C(=O)N(c1ccccc1)[C@@H]2c1ccccc1F. The first kappa shape index (κ1) is 17.2. The number of carboxylic acids is 1. The molecule has 0 radical (unpaired) electrons. The number of anilines is 1. The van der Waals surface area contributed by atoms with E-state index in [-0.39, 0.29) is 23.1 Å². The average molecular weight is 365 g/mol. The lowest BCUT2D eigenvalue weighted by atomic mass is 9.86. The monoisotopic (exact) mass is 365 g/mol. The molecule has 1 aliphatic heterocycles. The summed E-state index contributed by atoms with van der Waals surface area (Å²) in [6.07, 6.45) is -0.159. The molecule has 0 fully saturated rings. The van der Waals surface area contributed by atoms with Gasteiger partial charge in [0.05, 0.1) is 12.1 Å². The predicted molar refractivity (Wildman–Crippen MR) is 96.4 cm³/mol. The Morgan fingerprint density at radius 1 is 1.07 bits per heavy atom. The lowest BCUT2D eigenvalue weighted by molar-refractivity contribution is -0.132. The molecule has 0 saturated carbocycles. The second-order valence-electron chi connectivity index (χ2n) is 6.49. The molecule has 1 heterocycles. The van der Waals surface area contributed by atoms with E-state index in [1.165, 1.54) is 17.0 Å². The minimum absolute atomic E-state index is 0.0446. The van der Waals surface area contributed by atoms with E-state index in [4.69, 9.17) is 0 Å². The van der Waals surface area contributed by atoms with Crippen molar-refractivity contribution in [3.05, 3.63) is 88.8 Å². The molecule has 2 N–H and O–H groups in total. The van der Waals surface area contributed by atoms with Crippen LogP contribution >= 0.6 is 0 Å². The van der Waals surface area contributed by atoms with Gasteiger partial charge in [0.15, 0.2) is 0 Å². The number of amides is 1. The van der Waals surface area contributed by atoms with Crippen LogP contribution in [0.2, 0.25) is 0 Å². The first-order valence-electron chi connectivity index (χ1n) is 8.47. The molecule has 0 saturated heterocycles. The number of carbonyl (C=O) groups excluding carboxylic acids is 1. The van der Waals surface area contributed by atoms with Crippen LogP contribution in [0.15, 0.2) is 77.4 Å². The summed E-state index contributed by atoms with van der Waals surface area (Å²) in [5.74, 6) is -2.10. The quantitative estimate of drug-likeness (QED) is 0.877. The first-order chi connectivity index (χ1) is 13.0. The average Bonchev–Trinajstić information content (AvgIpc) is 2.96. The van der Waals surface area contributed by atoms with Gasteiger partial charge in [-0.15, -0.1) is 0 Å². The van der Waals surface area contributed by atoms with Crippen LogP contribution < -0.4 is 4.90 Å². The smallest absolute Gasteiger partial charge is 0.331 e. The highest BCUT2D eigenvalue weighted by molar-refractivity contribution is 6.12. The van der Waals surface area contributed by atoms with Crippen LogP contribution in [-0.4, -0.2) is 28.2 Å². The molecule has 2 aromatic rings. The molecular formula is C21H16FNO4. The van der Waals surface area contributed by atoms with Crippen molar-refractivity contribution < 1.29 is 24.2 Å². The van der Waals surface area contributed by atoms with Gasteiger partial charge in [0, 0.05) is 28.8 Å². The third-order valence-corrected chi connectivity index (χ3v) is 4.93. The lowest BCUT2D eigenvalue weighted by Gasteiger charge is -2.29. The summed E-state index contributed by atoms with van der Waals surface area (Å²) in [6, 6.07) is 14.0. The zero-order valence-corrected chi connectivity index (χ0v) is 14.2. The normalized spacial score (nSPS) is 21.9. The number of nitrogens with zero attached hydrogens (tertiary/aromatic N) is 1. The Morgan fingerprint density at radius 2 is 1.74 bits per heavy atom. The molecule has 5 nitrogen and oxygen atoms in total. The number of carbonyl (C=O) groups is 2. The van der Waals surface area contributed by atoms with E-state index in [2.05, 4.69) is 0 Å². The third kappa shape index (κ3) is 2.74.